The van der Waals surface area contributed by atoms with Crippen molar-refractivity contribution in [1.29, 1.82) is 0 Å². The second-order valence-electron chi connectivity index (χ2n) is 21.7. The summed E-state index contributed by atoms with van der Waals surface area (Å²) in [7, 11) is 0. The first kappa shape index (κ1) is 68.3. The topological polar surface area (TPSA) is 95.9 Å². The Kier molecular flexibility index (Phi) is 58.5. The average molecular weight is 987 g/mol. The summed E-state index contributed by atoms with van der Waals surface area (Å²) in [4.78, 5) is 24.6. The van der Waals surface area contributed by atoms with Gasteiger partial charge in [-0.15, -0.1) is 0 Å². The van der Waals surface area contributed by atoms with Gasteiger partial charge in [0.15, 0.2) is 0 Å². The number of esters is 1. The zero-order valence-electron chi connectivity index (χ0n) is 47.3. The molecule has 6 heteroatoms. The predicted octanol–water partition coefficient (Wildman–Crippen LogP) is 19.8. The summed E-state index contributed by atoms with van der Waals surface area (Å²) >= 11 is 0. The number of nitrogens with one attached hydrogen (secondary N) is 1. The zero-order chi connectivity index (χ0) is 50.7. The maximum atomic E-state index is 12.5. The number of carbonyl (C=O) groups is 2. The van der Waals surface area contributed by atoms with Crippen molar-refractivity contribution < 1.29 is 24.5 Å². The maximum absolute atomic E-state index is 12.5. The fourth-order valence-corrected chi connectivity index (χ4v) is 9.87. The smallest absolute Gasteiger partial charge is 0.305 e. The highest BCUT2D eigenvalue weighted by Gasteiger charge is 2.18. The molecule has 0 aliphatic carbocycles. The molecule has 6 nitrogen and oxygen atoms in total. The molecule has 2 atom stereocenters. The van der Waals surface area contributed by atoms with Crippen LogP contribution in [0.4, 0.5) is 0 Å². The molecule has 0 fully saturated rings. The number of unbranched alkanes of at least 4 members (excludes halogenated alkanes) is 46. The average Bonchev–Trinajstić information content (AvgIpc) is 3.36. The fraction of sp³-hybridized carbons (Fsp3) is 0.906. The summed E-state index contributed by atoms with van der Waals surface area (Å²) in [5, 5.41) is 23.2. The van der Waals surface area contributed by atoms with E-state index in [1.807, 2.05) is 6.08 Å². The molecule has 70 heavy (non-hydrogen) atoms. The van der Waals surface area contributed by atoms with E-state index in [9.17, 15) is 19.8 Å². The molecular weight excluding hydrogens is 863 g/mol. The van der Waals surface area contributed by atoms with Crippen molar-refractivity contribution in [3.63, 3.8) is 0 Å². The number of hydrogen-bond donors (Lipinski definition) is 3. The Morgan fingerprint density at radius 2 is 0.671 bits per heavy atom. The number of aliphatic hydroxyl groups excluding tert-OH is 2. The number of aliphatic hydroxyl groups is 2. The molecule has 0 radical (unpaired) electrons. The van der Waals surface area contributed by atoms with E-state index in [1.165, 1.54) is 257 Å². The second kappa shape index (κ2) is 59.9. The lowest BCUT2D eigenvalue weighted by Crippen LogP contribution is -2.45. The summed E-state index contributed by atoms with van der Waals surface area (Å²) in [6.07, 6.45) is 73.6. The first-order chi connectivity index (χ1) is 34.5. The van der Waals surface area contributed by atoms with Crippen molar-refractivity contribution in [1.82, 2.24) is 5.32 Å². The number of rotatable bonds is 59. The lowest BCUT2D eigenvalue weighted by molar-refractivity contribution is -0.143. The Balaban J connectivity index is 3.48. The number of amides is 1. The minimum Gasteiger partial charge on any atom is -0.466 e. The molecule has 0 aromatic carbocycles. The van der Waals surface area contributed by atoms with Gasteiger partial charge in [0.1, 0.15) is 0 Å². The number of carbonyl (C=O) groups excluding carboxylic acids is 2. The molecule has 1 amide bonds. The van der Waals surface area contributed by atoms with Crippen molar-refractivity contribution in [3.05, 3.63) is 24.3 Å². The number of ether oxygens (including phenoxy) is 1. The molecule has 2 unspecified atom stereocenters. The molecule has 0 saturated heterocycles. The van der Waals surface area contributed by atoms with Crippen LogP contribution >= 0.6 is 0 Å². The predicted molar refractivity (Wildman–Crippen MR) is 306 cm³/mol. The molecule has 0 aromatic rings. The fourth-order valence-electron chi connectivity index (χ4n) is 9.87. The third-order valence-electron chi connectivity index (χ3n) is 14.7. The van der Waals surface area contributed by atoms with Crippen molar-refractivity contribution >= 4 is 11.9 Å². The van der Waals surface area contributed by atoms with Gasteiger partial charge in [-0.3, -0.25) is 9.59 Å². The van der Waals surface area contributed by atoms with E-state index in [-0.39, 0.29) is 18.5 Å². The molecule has 0 aliphatic rings. The molecule has 414 valence electrons. The molecule has 0 spiro atoms. The van der Waals surface area contributed by atoms with E-state index in [4.69, 9.17) is 4.74 Å². The van der Waals surface area contributed by atoms with Gasteiger partial charge in [0.25, 0.3) is 0 Å². The Labute approximate surface area is 437 Å². The van der Waals surface area contributed by atoms with Gasteiger partial charge in [-0.2, -0.15) is 0 Å². The van der Waals surface area contributed by atoms with Crippen molar-refractivity contribution in [2.45, 2.75) is 360 Å². The summed E-state index contributed by atoms with van der Waals surface area (Å²) in [5.74, 6) is -0.0815. The standard InChI is InChI=1S/C64H123NO5/c1-3-5-7-9-11-13-15-17-19-21-22-23-24-25-28-32-36-40-44-48-52-56-62(67)61(60-66)65-63(68)57-53-49-45-41-37-33-29-26-27-31-35-39-43-47-51-55-59-70-64(69)58-54-50-46-42-38-34-30-20-18-16-14-12-10-8-6-4-2/h26,29,52,56,61-62,66-67H,3-25,27-28,30-51,53-55,57-60H2,1-2H3,(H,65,68)/b29-26-,56-52+. The van der Waals surface area contributed by atoms with Crippen LogP contribution in [0.25, 0.3) is 0 Å². The highest BCUT2D eigenvalue weighted by Crippen LogP contribution is 2.18. The Morgan fingerprint density at radius 3 is 1.01 bits per heavy atom. The monoisotopic (exact) mass is 986 g/mol. The highest BCUT2D eigenvalue weighted by molar-refractivity contribution is 5.76. The van der Waals surface area contributed by atoms with Gasteiger partial charge in [0.05, 0.1) is 25.4 Å². The minimum atomic E-state index is -0.856. The lowest BCUT2D eigenvalue weighted by atomic mass is 10.0. The van der Waals surface area contributed by atoms with Gasteiger partial charge in [0.2, 0.25) is 5.91 Å². The van der Waals surface area contributed by atoms with Gasteiger partial charge in [-0.1, -0.05) is 301 Å². The molecule has 3 N–H and O–H groups in total. The Hall–Kier alpha value is -1.66. The first-order valence-electron chi connectivity index (χ1n) is 31.6. The zero-order valence-corrected chi connectivity index (χ0v) is 47.3. The Morgan fingerprint density at radius 1 is 0.386 bits per heavy atom. The first-order valence-corrected chi connectivity index (χ1v) is 31.6. The van der Waals surface area contributed by atoms with Crippen molar-refractivity contribution in [3.8, 4) is 0 Å². The van der Waals surface area contributed by atoms with Crippen LogP contribution in [0.15, 0.2) is 24.3 Å². The molecule has 0 bridgehead atoms. The van der Waals surface area contributed by atoms with Gasteiger partial charge in [0, 0.05) is 12.8 Å². The Bertz CT molecular complexity index is 1090. The molecule has 0 saturated carbocycles. The van der Waals surface area contributed by atoms with Crippen LogP contribution in [0.1, 0.15) is 348 Å². The van der Waals surface area contributed by atoms with E-state index >= 15 is 0 Å². The SMILES string of the molecule is CCCCCCCCCCCCCCCCCCCCC/C=C/C(O)C(CO)NC(=O)CCCCCCC/C=C\CCCCCCCCCOC(=O)CCCCCCCCCCCCCCCCCC. The van der Waals surface area contributed by atoms with Crippen LogP contribution in [0.2, 0.25) is 0 Å². The summed E-state index contributed by atoms with van der Waals surface area (Å²) in [6, 6.07) is -0.641. The van der Waals surface area contributed by atoms with E-state index in [2.05, 4.69) is 31.3 Å². The molecule has 0 rings (SSSR count). The van der Waals surface area contributed by atoms with Crippen LogP contribution < -0.4 is 5.32 Å². The van der Waals surface area contributed by atoms with Crippen LogP contribution in [-0.4, -0.2) is 47.4 Å². The van der Waals surface area contributed by atoms with E-state index in [0.717, 1.165) is 64.2 Å². The van der Waals surface area contributed by atoms with Crippen LogP contribution in [-0.2, 0) is 14.3 Å². The van der Waals surface area contributed by atoms with Crippen LogP contribution in [0.5, 0.6) is 0 Å². The second-order valence-corrected chi connectivity index (χ2v) is 21.7. The summed E-state index contributed by atoms with van der Waals surface area (Å²) < 4.78 is 5.48. The number of hydrogen-bond acceptors (Lipinski definition) is 5. The molecular formula is C64H123NO5. The van der Waals surface area contributed by atoms with Crippen molar-refractivity contribution in [2.24, 2.45) is 0 Å². The molecule has 0 aromatic heterocycles. The molecule has 0 aliphatic heterocycles. The largest absolute Gasteiger partial charge is 0.466 e. The maximum Gasteiger partial charge on any atom is 0.305 e. The van der Waals surface area contributed by atoms with Gasteiger partial charge in [-0.25, -0.2) is 0 Å². The normalized spacial score (nSPS) is 12.7. The third kappa shape index (κ3) is 55.7. The van der Waals surface area contributed by atoms with Crippen molar-refractivity contribution in [2.75, 3.05) is 13.2 Å². The lowest BCUT2D eigenvalue weighted by Gasteiger charge is -2.20. The number of allylic oxidation sites excluding steroid dienone is 3. The summed E-state index contributed by atoms with van der Waals surface area (Å²) in [5.41, 5.74) is 0. The highest BCUT2D eigenvalue weighted by atomic mass is 16.5. The van der Waals surface area contributed by atoms with Gasteiger partial charge in [-0.05, 0) is 57.8 Å². The van der Waals surface area contributed by atoms with Gasteiger partial charge < -0.3 is 20.3 Å². The summed E-state index contributed by atoms with van der Waals surface area (Å²) in [6.45, 7) is 4.91. The van der Waals surface area contributed by atoms with E-state index in [1.54, 1.807) is 6.08 Å². The van der Waals surface area contributed by atoms with Crippen LogP contribution in [0, 0.1) is 0 Å². The molecule has 0 heterocycles. The van der Waals surface area contributed by atoms with Gasteiger partial charge >= 0.3 is 5.97 Å². The van der Waals surface area contributed by atoms with E-state index in [0.29, 0.717) is 19.4 Å². The van der Waals surface area contributed by atoms with Crippen LogP contribution in [0.3, 0.4) is 0 Å². The third-order valence-corrected chi connectivity index (χ3v) is 14.7. The quantitative estimate of drug-likeness (QED) is 0.0321. The van der Waals surface area contributed by atoms with E-state index < -0.39 is 12.1 Å². The minimum absolute atomic E-state index is 0.000240.